The summed E-state index contributed by atoms with van der Waals surface area (Å²) in [7, 11) is 3.43. The molecule has 0 fully saturated rings. The number of hydrogen-bond donors (Lipinski definition) is 1. The lowest BCUT2D eigenvalue weighted by Crippen LogP contribution is -2.34. The standard InChI is InChI=1S/C14H18FN3O/c1-10(14(19)17-2)8-18(3)9-12-5-4-11(7-16)6-13(12)15/h4-6,10H,8-9H2,1-3H3,(H,17,19). The van der Waals surface area contributed by atoms with Crippen LogP contribution in [0.3, 0.4) is 0 Å². The number of rotatable bonds is 5. The second kappa shape index (κ2) is 6.86. The van der Waals surface area contributed by atoms with Crippen LogP contribution >= 0.6 is 0 Å². The van der Waals surface area contributed by atoms with Gasteiger partial charge in [-0.1, -0.05) is 13.0 Å². The number of hydrogen-bond acceptors (Lipinski definition) is 3. The smallest absolute Gasteiger partial charge is 0.223 e. The van der Waals surface area contributed by atoms with Gasteiger partial charge in [-0.05, 0) is 19.2 Å². The topological polar surface area (TPSA) is 56.1 Å². The van der Waals surface area contributed by atoms with Crippen molar-refractivity contribution in [2.24, 2.45) is 5.92 Å². The van der Waals surface area contributed by atoms with E-state index in [-0.39, 0.29) is 11.8 Å². The Bertz CT molecular complexity index is 496. The summed E-state index contributed by atoms with van der Waals surface area (Å²) in [5.74, 6) is -0.581. The predicted octanol–water partition coefficient (Wildman–Crippen LogP) is 1.51. The third kappa shape index (κ3) is 4.34. The SMILES string of the molecule is CNC(=O)C(C)CN(C)Cc1ccc(C#N)cc1F. The minimum absolute atomic E-state index is 0.0350. The molecule has 1 N–H and O–H groups in total. The molecule has 1 unspecified atom stereocenters. The summed E-state index contributed by atoms with van der Waals surface area (Å²) < 4.78 is 13.7. The Morgan fingerprint density at radius 1 is 1.58 bits per heavy atom. The van der Waals surface area contributed by atoms with Crippen molar-refractivity contribution < 1.29 is 9.18 Å². The fourth-order valence-electron chi connectivity index (χ4n) is 1.90. The van der Waals surface area contributed by atoms with Gasteiger partial charge in [0, 0.05) is 31.6 Å². The number of carbonyl (C=O) groups is 1. The van der Waals surface area contributed by atoms with Crippen LogP contribution in [0.15, 0.2) is 18.2 Å². The molecule has 19 heavy (non-hydrogen) atoms. The fraction of sp³-hybridized carbons (Fsp3) is 0.429. The molecule has 0 aliphatic carbocycles. The Labute approximate surface area is 112 Å². The van der Waals surface area contributed by atoms with Crippen LogP contribution < -0.4 is 5.32 Å². The lowest BCUT2D eigenvalue weighted by Gasteiger charge is -2.20. The summed E-state index contributed by atoms with van der Waals surface area (Å²) in [6, 6.07) is 6.32. The Kier molecular flexibility index (Phi) is 5.46. The maximum absolute atomic E-state index is 13.7. The predicted molar refractivity (Wildman–Crippen MR) is 70.7 cm³/mol. The normalized spacial score (nSPS) is 12.0. The van der Waals surface area contributed by atoms with E-state index >= 15 is 0 Å². The molecule has 0 heterocycles. The largest absolute Gasteiger partial charge is 0.359 e. The molecule has 1 aromatic rings. The van der Waals surface area contributed by atoms with Crippen molar-refractivity contribution in [3.63, 3.8) is 0 Å². The minimum Gasteiger partial charge on any atom is -0.359 e. The van der Waals surface area contributed by atoms with Crippen molar-refractivity contribution in [2.75, 3.05) is 20.6 Å². The molecule has 1 rings (SSSR count). The molecule has 0 aliphatic rings. The van der Waals surface area contributed by atoms with Crippen molar-refractivity contribution in [1.82, 2.24) is 10.2 Å². The van der Waals surface area contributed by atoms with Crippen LogP contribution in [0.5, 0.6) is 0 Å². The van der Waals surface area contributed by atoms with Crippen LogP contribution in [-0.4, -0.2) is 31.4 Å². The van der Waals surface area contributed by atoms with Gasteiger partial charge in [-0.15, -0.1) is 0 Å². The monoisotopic (exact) mass is 263 g/mol. The molecule has 0 aliphatic heterocycles. The van der Waals surface area contributed by atoms with Gasteiger partial charge in [0.25, 0.3) is 0 Å². The highest BCUT2D eigenvalue weighted by atomic mass is 19.1. The van der Waals surface area contributed by atoms with Crippen LogP contribution in [0.1, 0.15) is 18.1 Å². The molecular formula is C14H18FN3O. The Morgan fingerprint density at radius 3 is 2.79 bits per heavy atom. The van der Waals surface area contributed by atoms with Crippen molar-refractivity contribution in [3.8, 4) is 6.07 Å². The van der Waals surface area contributed by atoms with Crippen LogP contribution in [0.2, 0.25) is 0 Å². The minimum atomic E-state index is -0.390. The highest BCUT2D eigenvalue weighted by molar-refractivity contribution is 5.78. The number of benzene rings is 1. The molecule has 0 radical (unpaired) electrons. The second-order valence-electron chi connectivity index (χ2n) is 4.63. The summed E-state index contributed by atoms with van der Waals surface area (Å²) in [5, 5.41) is 11.3. The second-order valence-corrected chi connectivity index (χ2v) is 4.63. The van der Waals surface area contributed by atoms with Gasteiger partial charge in [0.15, 0.2) is 0 Å². The van der Waals surface area contributed by atoms with Crippen molar-refractivity contribution in [1.29, 1.82) is 5.26 Å². The lowest BCUT2D eigenvalue weighted by atomic mass is 10.1. The van der Waals surface area contributed by atoms with E-state index in [1.54, 1.807) is 19.2 Å². The van der Waals surface area contributed by atoms with Gasteiger partial charge in [0.1, 0.15) is 5.82 Å². The molecule has 1 aromatic carbocycles. The van der Waals surface area contributed by atoms with Gasteiger partial charge in [-0.3, -0.25) is 4.79 Å². The number of nitrogens with one attached hydrogen (secondary N) is 1. The van der Waals surface area contributed by atoms with Gasteiger partial charge in [0.05, 0.1) is 11.6 Å². The number of halogens is 1. The summed E-state index contributed by atoms with van der Waals surface area (Å²) in [4.78, 5) is 13.3. The highest BCUT2D eigenvalue weighted by Crippen LogP contribution is 2.12. The number of carbonyl (C=O) groups excluding carboxylic acids is 1. The third-order valence-corrected chi connectivity index (χ3v) is 2.90. The van der Waals surface area contributed by atoms with Gasteiger partial charge in [-0.2, -0.15) is 5.26 Å². The van der Waals surface area contributed by atoms with Crippen molar-refractivity contribution >= 4 is 5.91 Å². The summed E-state index contributed by atoms with van der Waals surface area (Å²) >= 11 is 0. The zero-order chi connectivity index (χ0) is 14.4. The molecule has 0 aromatic heterocycles. The average molecular weight is 263 g/mol. The van der Waals surface area contributed by atoms with Crippen LogP contribution in [0.25, 0.3) is 0 Å². The van der Waals surface area contributed by atoms with Crippen LogP contribution in [0.4, 0.5) is 4.39 Å². The highest BCUT2D eigenvalue weighted by Gasteiger charge is 2.14. The first kappa shape index (κ1) is 15.1. The zero-order valence-electron chi connectivity index (χ0n) is 11.4. The summed E-state index contributed by atoms with van der Waals surface area (Å²) in [5.41, 5.74) is 0.827. The summed E-state index contributed by atoms with van der Waals surface area (Å²) in [6.07, 6.45) is 0. The van der Waals surface area contributed by atoms with E-state index in [4.69, 9.17) is 5.26 Å². The molecule has 0 spiro atoms. The Hall–Kier alpha value is -1.93. The van der Waals surface area contributed by atoms with Crippen molar-refractivity contribution in [2.45, 2.75) is 13.5 Å². The molecule has 0 saturated heterocycles. The number of nitrogens with zero attached hydrogens (tertiary/aromatic N) is 2. The van der Waals surface area contributed by atoms with Gasteiger partial charge < -0.3 is 10.2 Å². The molecule has 4 nitrogen and oxygen atoms in total. The molecular weight excluding hydrogens is 245 g/mol. The maximum Gasteiger partial charge on any atom is 0.223 e. The first-order valence-electron chi connectivity index (χ1n) is 6.06. The average Bonchev–Trinajstić information content (AvgIpc) is 2.39. The molecule has 1 atom stereocenters. The molecule has 0 saturated carbocycles. The van der Waals surface area contributed by atoms with E-state index in [0.29, 0.717) is 24.2 Å². The zero-order valence-corrected chi connectivity index (χ0v) is 11.4. The van der Waals surface area contributed by atoms with Gasteiger partial charge in [-0.25, -0.2) is 4.39 Å². The van der Waals surface area contributed by atoms with E-state index < -0.39 is 5.82 Å². The lowest BCUT2D eigenvalue weighted by molar-refractivity contribution is -0.124. The molecule has 102 valence electrons. The fourth-order valence-corrected chi connectivity index (χ4v) is 1.90. The molecule has 0 bridgehead atoms. The van der Waals surface area contributed by atoms with Crippen LogP contribution in [0, 0.1) is 23.1 Å². The summed E-state index contributed by atoms with van der Waals surface area (Å²) in [6.45, 7) is 2.77. The van der Waals surface area contributed by atoms with E-state index in [1.807, 2.05) is 24.9 Å². The molecule has 1 amide bonds. The Balaban J connectivity index is 2.65. The quantitative estimate of drug-likeness (QED) is 0.876. The van der Waals surface area contributed by atoms with Crippen molar-refractivity contribution in [3.05, 3.63) is 35.1 Å². The third-order valence-electron chi connectivity index (χ3n) is 2.90. The van der Waals surface area contributed by atoms with Crippen LogP contribution in [-0.2, 0) is 11.3 Å². The van der Waals surface area contributed by atoms with E-state index in [2.05, 4.69) is 5.32 Å². The van der Waals surface area contributed by atoms with E-state index in [9.17, 15) is 9.18 Å². The molecule has 5 heteroatoms. The maximum atomic E-state index is 13.7. The van der Waals surface area contributed by atoms with Gasteiger partial charge in [0.2, 0.25) is 5.91 Å². The number of nitriles is 1. The number of amides is 1. The van der Waals surface area contributed by atoms with E-state index in [0.717, 1.165) is 0 Å². The van der Waals surface area contributed by atoms with E-state index in [1.165, 1.54) is 6.07 Å². The van der Waals surface area contributed by atoms with Gasteiger partial charge >= 0.3 is 0 Å². The Morgan fingerprint density at radius 2 is 2.26 bits per heavy atom. The first-order valence-corrected chi connectivity index (χ1v) is 6.06. The first-order chi connectivity index (χ1) is 8.97.